The molecule has 1 unspecified atom stereocenters. The Morgan fingerprint density at radius 2 is 1.96 bits per heavy atom. The minimum Gasteiger partial charge on any atom is -0.426 e. The van der Waals surface area contributed by atoms with Crippen LogP contribution in [0.3, 0.4) is 0 Å². The first-order valence-corrected chi connectivity index (χ1v) is 15.0. The third-order valence-corrected chi connectivity index (χ3v) is 10.8. The molecule has 8 atom stereocenters. The van der Waals surface area contributed by atoms with Crippen LogP contribution in [0.15, 0.2) is 48.1 Å². The van der Waals surface area contributed by atoms with Gasteiger partial charge in [-0.15, -0.1) is 10.1 Å². The van der Waals surface area contributed by atoms with E-state index < -0.39 is 75.6 Å². The summed E-state index contributed by atoms with van der Waals surface area (Å²) in [6.07, 6.45) is 1.90. The van der Waals surface area contributed by atoms with Gasteiger partial charge in [-0.25, -0.2) is 9.18 Å². The molecule has 5 aliphatic rings. The van der Waals surface area contributed by atoms with Crippen molar-refractivity contribution in [2.24, 2.45) is 22.7 Å². The van der Waals surface area contributed by atoms with E-state index in [9.17, 15) is 29.6 Å². The summed E-state index contributed by atoms with van der Waals surface area (Å²) in [7, 11) is 0. The summed E-state index contributed by atoms with van der Waals surface area (Å²) >= 11 is 0. The zero-order valence-corrected chi connectivity index (χ0v) is 25.4. The van der Waals surface area contributed by atoms with Gasteiger partial charge in [0.25, 0.3) is 5.09 Å². The topological polar surface area (TPSA) is 161 Å². The molecule has 3 saturated carbocycles. The van der Waals surface area contributed by atoms with Gasteiger partial charge < -0.3 is 28.9 Å². The van der Waals surface area contributed by atoms with E-state index >= 15 is 4.39 Å². The summed E-state index contributed by atoms with van der Waals surface area (Å²) in [5.74, 6) is -3.08. The average molecular weight is 630 g/mol. The van der Waals surface area contributed by atoms with E-state index in [1.54, 1.807) is 32.9 Å². The molecule has 4 aliphatic carbocycles. The lowest BCUT2D eigenvalue weighted by molar-refractivity contribution is -0.763. The number of carbonyl (C=O) groups excluding carboxylic acids is 3. The van der Waals surface area contributed by atoms with E-state index in [-0.39, 0.29) is 31.0 Å². The first-order valence-electron chi connectivity index (χ1n) is 15.0. The maximum atomic E-state index is 17.6. The number of nitrogens with zero attached hydrogens (tertiary/aromatic N) is 1. The molecule has 1 aromatic carbocycles. The highest BCUT2D eigenvalue weighted by atomic mass is 19.1. The van der Waals surface area contributed by atoms with Crippen LogP contribution in [0.5, 0.6) is 5.75 Å². The van der Waals surface area contributed by atoms with E-state index in [2.05, 4.69) is 4.84 Å². The zero-order valence-electron chi connectivity index (χ0n) is 25.4. The molecule has 45 heavy (non-hydrogen) atoms. The van der Waals surface area contributed by atoms with Crippen LogP contribution in [0.2, 0.25) is 0 Å². The molecule has 242 valence electrons. The van der Waals surface area contributed by atoms with Gasteiger partial charge in [-0.3, -0.25) is 9.59 Å². The molecule has 0 bridgehead atoms. The number of aliphatic hydroxyl groups excluding tert-OH is 1. The lowest BCUT2D eigenvalue weighted by Crippen LogP contribution is -2.70. The molecular formula is C32H36FNO11. The van der Waals surface area contributed by atoms with Gasteiger partial charge in [-0.05, 0) is 82.2 Å². The van der Waals surface area contributed by atoms with Crippen LogP contribution in [0.1, 0.15) is 58.9 Å². The van der Waals surface area contributed by atoms with Crippen LogP contribution >= 0.6 is 0 Å². The Balaban J connectivity index is 1.24. The Labute approximate surface area is 258 Å². The van der Waals surface area contributed by atoms with E-state index in [4.69, 9.17) is 18.9 Å². The molecule has 12 nitrogen and oxygen atoms in total. The van der Waals surface area contributed by atoms with Gasteiger partial charge in [0.1, 0.15) is 12.4 Å². The van der Waals surface area contributed by atoms with Crippen LogP contribution in [0.25, 0.3) is 0 Å². The fourth-order valence-corrected chi connectivity index (χ4v) is 8.99. The minimum absolute atomic E-state index is 0.0229. The summed E-state index contributed by atoms with van der Waals surface area (Å²) in [4.78, 5) is 53.8. The van der Waals surface area contributed by atoms with Crippen molar-refractivity contribution < 1.29 is 52.8 Å². The van der Waals surface area contributed by atoms with Crippen molar-refractivity contribution >= 4 is 17.7 Å². The molecule has 4 fully saturated rings. The van der Waals surface area contributed by atoms with E-state index in [0.29, 0.717) is 24.0 Å². The predicted molar refractivity (Wildman–Crippen MR) is 152 cm³/mol. The van der Waals surface area contributed by atoms with E-state index in [1.807, 2.05) is 6.92 Å². The summed E-state index contributed by atoms with van der Waals surface area (Å²) < 4.78 is 40.7. The van der Waals surface area contributed by atoms with Crippen molar-refractivity contribution in [1.82, 2.24) is 0 Å². The summed E-state index contributed by atoms with van der Waals surface area (Å²) in [6.45, 7) is 5.78. The third-order valence-electron chi connectivity index (χ3n) is 10.8. The molecule has 1 saturated heterocycles. The minimum atomic E-state index is -2.10. The Morgan fingerprint density at radius 1 is 1.20 bits per heavy atom. The van der Waals surface area contributed by atoms with Crippen LogP contribution in [-0.4, -0.2) is 63.8 Å². The fourth-order valence-electron chi connectivity index (χ4n) is 8.99. The normalized spacial score (nSPS) is 39.1. The van der Waals surface area contributed by atoms with Crippen LogP contribution in [0, 0.1) is 32.8 Å². The number of ketones is 2. The Kier molecular flexibility index (Phi) is 7.25. The van der Waals surface area contributed by atoms with Crippen molar-refractivity contribution in [2.75, 3.05) is 6.61 Å². The van der Waals surface area contributed by atoms with Crippen LogP contribution in [-0.2, 0) is 35.2 Å². The fraction of sp³-hybridized carbons (Fsp3) is 0.594. The van der Waals surface area contributed by atoms with E-state index in [1.165, 1.54) is 30.4 Å². The lowest BCUT2D eigenvalue weighted by atomic mass is 9.44. The highest BCUT2D eigenvalue weighted by Crippen LogP contribution is 2.72. The second-order valence-electron chi connectivity index (χ2n) is 13.6. The van der Waals surface area contributed by atoms with Crippen LogP contribution in [0.4, 0.5) is 9.18 Å². The van der Waals surface area contributed by atoms with Crippen molar-refractivity contribution in [3.63, 3.8) is 0 Å². The van der Waals surface area contributed by atoms with Crippen molar-refractivity contribution in [2.45, 2.75) is 89.2 Å². The van der Waals surface area contributed by atoms with Crippen molar-refractivity contribution in [3.05, 3.63) is 63.7 Å². The molecule has 0 amide bonds. The Bertz CT molecular complexity index is 1520. The molecular weight excluding hydrogens is 593 g/mol. The van der Waals surface area contributed by atoms with Crippen molar-refractivity contribution in [3.8, 4) is 5.75 Å². The Morgan fingerprint density at radius 3 is 2.69 bits per heavy atom. The number of fused-ring (bicyclic) bond motifs is 7. The number of ether oxygens (including phenoxy) is 4. The van der Waals surface area contributed by atoms with Crippen molar-refractivity contribution in [1.29, 1.82) is 0 Å². The number of alkyl halides is 1. The number of carbonyl (C=O) groups is 3. The van der Waals surface area contributed by atoms with Gasteiger partial charge in [0.15, 0.2) is 29.4 Å². The molecule has 6 rings (SSSR count). The number of hydrogen-bond donors (Lipinski definition) is 1. The second kappa shape index (κ2) is 10.4. The van der Waals surface area contributed by atoms with Gasteiger partial charge in [-0.2, -0.15) is 0 Å². The van der Waals surface area contributed by atoms with Gasteiger partial charge in [0.2, 0.25) is 5.78 Å². The standard InChI is InChI=1S/C32H36FNO11/c1-28(2)44-26-14-23-22-9-8-19-13-20(35)10-11-29(19,3)31(22,33)24(36)15-30(23,4)32(26,45-28)25(37)17-41-27(38)43-21-7-5-6-18(12-21)16-42-34(39)40/h5-7,10-13,22-24,26,36H,8-9,14-17H2,1-4H3/t22?,23-,24-,26+,29-,30-,31-,32+/m0/s1. The zero-order chi connectivity index (χ0) is 32.6. The number of hydrogen-bond acceptors (Lipinski definition) is 11. The number of rotatable bonds is 7. The quantitative estimate of drug-likeness (QED) is 0.198. The highest BCUT2D eigenvalue weighted by molar-refractivity contribution is 6.01. The number of aliphatic hydroxyl groups is 1. The van der Waals surface area contributed by atoms with E-state index in [0.717, 1.165) is 0 Å². The van der Waals surface area contributed by atoms with Gasteiger partial charge in [-0.1, -0.05) is 30.7 Å². The highest BCUT2D eigenvalue weighted by Gasteiger charge is 2.80. The SMILES string of the molecule is CC1(C)O[C@@H]2C[C@H]3C4CCC5=CC(=O)C=C[C@]5(C)[C@@]4(F)[C@@H](O)C[C@]3(C)[C@]2(C(=O)COC(=O)Oc2cccc(CO[N+](=O)[O-])c2)O1. The first kappa shape index (κ1) is 31.3. The first-order chi connectivity index (χ1) is 21.1. The van der Waals surface area contributed by atoms with Gasteiger partial charge in [0.05, 0.1) is 12.2 Å². The lowest BCUT2D eigenvalue weighted by Gasteiger charge is -2.62. The molecule has 13 heteroatoms. The number of Topliss-reactive ketones (excluding diaryl/α,β-unsaturated/α-hetero) is 1. The second-order valence-corrected chi connectivity index (χ2v) is 13.6. The van der Waals surface area contributed by atoms with Gasteiger partial charge in [0, 0.05) is 16.7 Å². The molecule has 1 heterocycles. The smallest absolute Gasteiger partial charge is 0.426 e. The predicted octanol–water partition coefficient (Wildman–Crippen LogP) is 4.35. The average Bonchev–Trinajstić information content (AvgIpc) is 3.37. The molecule has 1 aliphatic heterocycles. The molecule has 0 aromatic heterocycles. The largest absolute Gasteiger partial charge is 0.514 e. The third kappa shape index (κ3) is 4.61. The summed E-state index contributed by atoms with van der Waals surface area (Å²) in [5, 5.41) is 21.2. The maximum Gasteiger partial charge on any atom is 0.514 e. The summed E-state index contributed by atoms with van der Waals surface area (Å²) in [5.41, 5.74) is -5.02. The van der Waals surface area contributed by atoms with Gasteiger partial charge >= 0.3 is 6.16 Å². The molecule has 0 radical (unpaired) electrons. The molecule has 1 N–H and O–H groups in total. The maximum absolute atomic E-state index is 17.6. The number of benzene rings is 1. The molecule has 0 spiro atoms. The number of halogens is 1. The monoisotopic (exact) mass is 629 g/mol. The molecule has 1 aromatic rings. The summed E-state index contributed by atoms with van der Waals surface area (Å²) in [6, 6.07) is 5.84. The Hall–Kier alpha value is -3.68. The number of allylic oxidation sites excluding steroid dienone is 4. The van der Waals surface area contributed by atoms with Crippen LogP contribution < -0.4 is 4.74 Å².